The zero-order chi connectivity index (χ0) is 11.6. The summed E-state index contributed by atoms with van der Waals surface area (Å²) in [7, 11) is 2.19. The molecule has 2 rings (SSSR count). The van der Waals surface area contributed by atoms with Crippen LogP contribution in [0.25, 0.3) is 0 Å². The first kappa shape index (κ1) is 14.3. The van der Waals surface area contributed by atoms with Gasteiger partial charge in [0.25, 0.3) is 0 Å². The molecule has 0 bridgehead atoms. The first-order chi connectivity index (χ1) is 7.66. The second-order valence-corrected chi connectivity index (χ2v) is 5.03. The van der Waals surface area contributed by atoms with Gasteiger partial charge in [-0.1, -0.05) is 19.1 Å². The predicted molar refractivity (Wildman–Crippen MR) is 74.1 cm³/mol. The van der Waals surface area contributed by atoms with Crippen LogP contribution in [0.3, 0.4) is 0 Å². The van der Waals surface area contributed by atoms with Crippen molar-refractivity contribution < 1.29 is 5.11 Å². The second kappa shape index (κ2) is 5.74. The molecule has 17 heavy (non-hydrogen) atoms. The first-order valence-electron chi connectivity index (χ1n) is 6.14. The summed E-state index contributed by atoms with van der Waals surface area (Å²) in [5, 5.41) is 9.61. The Morgan fingerprint density at radius 3 is 2.76 bits per heavy atom. The summed E-state index contributed by atoms with van der Waals surface area (Å²) in [4.78, 5) is 2.40. The maximum Gasteiger partial charge on any atom is 0.115 e. The number of hydrogen-bond donors (Lipinski definition) is 1. The Morgan fingerprint density at radius 2 is 2.18 bits per heavy atom. The molecule has 0 aliphatic carbocycles. The highest BCUT2D eigenvalue weighted by atomic mass is 35.5. The van der Waals surface area contributed by atoms with E-state index >= 15 is 0 Å². The Balaban J connectivity index is 0.00000144. The van der Waals surface area contributed by atoms with Gasteiger partial charge < -0.3 is 10.0 Å². The first-order valence-corrected chi connectivity index (χ1v) is 6.14. The van der Waals surface area contributed by atoms with Crippen LogP contribution in [0.1, 0.15) is 31.7 Å². The van der Waals surface area contributed by atoms with Crippen LogP contribution in [-0.4, -0.2) is 30.1 Å². The Labute approximate surface area is 110 Å². The van der Waals surface area contributed by atoms with E-state index in [1.165, 1.54) is 24.9 Å². The third-order valence-corrected chi connectivity index (χ3v) is 3.90. The lowest BCUT2D eigenvalue weighted by atomic mass is 9.72. The highest BCUT2D eigenvalue weighted by molar-refractivity contribution is 5.85. The van der Waals surface area contributed by atoms with Gasteiger partial charge in [0.05, 0.1) is 0 Å². The van der Waals surface area contributed by atoms with Crippen molar-refractivity contribution in [3.8, 4) is 5.75 Å². The molecule has 1 heterocycles. The largest absolute Gasteiger partial charge is 0.508 e. The molecule has 0 radical (unpaired) electrons. The molecule has 0 saturated carbocycles. The summed E-state index contributed by atoms with van der Waals surface area (Å²) < 4.78 is 0. The predicted octanol–water partition coefficient (Wildman–Crippen LogP) is 3.19. The van der Waals surface area contributed by atoms with E-state index in [0.717, 1.165) is 13.0 Å². The van der Waals surface area contributed by atoms with Gasteiger partial charge in [-0.3, -0.25) is 0 Å². The van der Waals surface area contributed by atoms with E-state index < -0.39 is 0 Å². The number of hydrogen-bond acceptors (Lipinski definition) is 2. The topological polar surface area (TPSA) is 23.5 Å². The number of likely N-dealkylation sites (N-methyl/N-ethyl adjacent to an activating group) is 1. The fourth-order valence-electron chi connectivity index (χ4n) is 2.93. The van der Waals surface area contributed by atoms with E-state index in [1.54, 1.807) is 6.07 Å². The molecule has 1 aliphatic heterocycles. The fraction of sp³-hybridized carbons (Fsp3) is 0.571. The second-order valence-electron chi connectivity index (χ2n) is 5.03. The molecule has 0 spiro atoms. The number of piperidine rings is 1. The lowest BCUT2D eigenvalue weighted by Crippen LogP contribution is -2.43. The molecular weight excluding hydrogens is 234 g/mol. The SMILES string of the molecule is CCC1(c2cccc(O)c2)CCCN(C)C1.Cl. The number of rotatable bonds is 2. The van der Waals surface area contributed by atoms with Crippen LogP contribution in [0.2, 0.25) is 0 Å². The summed E-state index contributed by atoms with van der Waals surface area (Å²) >= 11 is 0. The molecule has 1 atom stereocenters. The van der Waals surface area contributed by atoms with Crippen molar-refractivity contribution in [3.63, 3.8) is 0 Å². The molecule has 0 aromatic heterocycles. The van der Waals surface area contributed by atoms with Gasteiger partial charge in [-0.05, 0) is 50.6 Å². The summed E-state index contributed by atoms with van der Waals surface area (Å²) in [6.45, 7) is 4.55. The van der Waals surface area contributed by atoms with E-state index in [-0.39, 0.29) is 17.8 Å². The molecule has 3 heteroatoms. The third-order valence-electron chi connectivity index (χ3n) is 3.90. The zero-order valence-electron chi connectivity index (χ0n) is 10.6. The molecular formula is C14H22ClNO. The number of nitrogens with zero attached hydrogens (tertiary/aromatic N) is 1. The van der Waals surface area contributed by atoms with E-state index in [4.69, 9.17) is 0 Å². The Bertz CT molecular complexity index is 369. The van der Waals surface area contributed by atoms with Gasteiger partial charge in [0.15, 0.2) is 0 Å². The molecule has 1 aromatic carbocycles. The van der Waals surface area contributed by atoms with Gasteiger partial charge in [-0.15, -0.1) is 12.4 Å². The van der Waals surface area contributed by atoms with E-state index in [2.05, 4.69) is 24.9 Å². The molecule has 2 nitrogen and oxygen atoms in total. The van der Waals surface area contributed by atoms with Gasteiger partial charge in [0.2, 0.25) is 0 Å². The minimum absolute atomic E-state index is 0. The monoisotopic (exact) mass is 255 g/mol. The number of aromatic hydroxyl groups is 1. The van der Waals surface area contributed by atoms with Crippen molar-refractivity contribution in [2.75, 3.05) is 20.1 Å². The summed E-state index contributed by atoms with van der Waals surface area (Å²) in [5.41, 5.74) is 1.53. The van der Waals surface area contributed by atoms with Crippen molar-refractivity contribution in [1.82, 2.24) is 4.90 Å². The van der Waals surface area contributed by atoms with Gasteiger partial charge >= 0.3 is 0 Å². The molecule has 0 amide bonds. The van der Waals surface area contributed by atoms with Gasteiger partial charge in [0, 0.05) is 12.0 Å². The van der Waals surface area contributed by atoms with Crippen molar-refractivity contribution in [1.29, 1.82) is 0 Å². The summed E-state index contributed by atoms with van der Waals surface area (Å²) in [6, 6.07) is 7.79. The van der Waals surface area contributed by atoms with E-state index in [9.17, 15) is 5.11 Å². The van der Waals surface area contributed by atoms with Crippen LogP contribution in [0, 0.1) is 0 Å². The van der Waals surface area contributed by atoms with Crippen molar-refractivity contribution in [2.45, 2.75) is 31.6 Å². The smallest absolute Gasteiger partial charge is 0.115 e. The van der Waals surface area contributed by atoms with E-state index in [1.807, 2.05) is 12.1 Å². The minimum Gasteiger partial charge on any atom is -0.508 e. The molecule has 1 saturated heterocycles. The molecule has 1 fully saturated rings. The zero-order valence-corrected chi connectivity index (χ0v) is 11.5. The molecule has 1 aromatic rings. The summed E-state index contributed by atoms with van der Waals surface area (Å²) in [5.74, 6) is 0.388. The van der Waals surface area contributed by atoms with Gasteiger partial charge in [-0.25, -0.2) is 0 Å². The average molecular weight is 256 g/mol. The Hall–Kier alpha value is -0.730. The maximum atomic E-state index is 9.61. The number of likely N-dealkylation sites (tertiary alicyclic amines) is 1. The number of phenols is 1. The summed E-state index contributed by atoms with van der Waals surface area (Å²) in [6.07, 6.45) is 3.62. The number of halogens is 1. The van der Waals surface area contributed by atoms with Crippen molar-refractivity contribution in [3.05, 3.63) is 29.8 Å². The molecule has 1 N–H and O–H groups in total. The highest BCUT2D eigenvalue weighted by Gasteiger charge is 2.34. The standard InChI is InChI=1S/C14H21NO.ClH/c1-3-14(8-5-9-15(2)11-14)12-6-4-7-13(16)10-12;/h4,6-7,10,16H,3,5,8-9,11H2,1-2H3;1H. The van der Waals surface area contributed by atoms with Crippen LogP contribution < -0.4 is 0 Å². The van der Waals surface area contributed by atoms with Crippen LogP contribution in [0.15, 0.2) is 24.3 Å². The lowest BCUT2D eigenvalue weighted by molar-refractivity contribution is 0.170. The van der Waals surface area contributed by atoms with Crippen molar-refractivity contribution >= 4 is 12.4 Å². The Morgan fingerprint density at radius 1 is 1.41 bits per heavy atom. The lowest BCUT2D eigenvalue weighted by Gasteiger charge is -2.41. The van der Waals surface area contributed by atoms with Crippen LogP contribution in [0.5, 0.6) is 5.75 Å². The van der Waals surface area contributed by atoms with Gasteiger partial charge in [-0.2, -0.15) is 0 Å². The Kier molecular flexibility index (Phi) is 4.84. The number of phenolic OH excluding ortho intramolecular Hbond substituents is 1. The highest BCUT2D eigenvalue weighted by Crippen LogP contribution is 2.37. The average Bonchev–Trinajstić information content (AvgIpc) is 2.29. The van der Waals surface area contributed by atoms with Gasteiger partial charge in [0.1, 0.15) is 5.75 Å². The normalized spacial score (nSPS) is 25.3. The third kappa shape index (κ3) is 2.93. The minimum atomic E-state index is 0. The fourth-order valence-corrected chi connectivity index (χ4v) is 2.93. The molecule has 96 valence electrons. The van der Waals surface area contributed by atoms with Crippen LogP contribution >= 0.6 is 12.4 Å². The molecule has 1 aliphatic rings. The van der Waals surface area contributed by atoms with Crippen LogP contribution in [-0.2, 0) is 5.41 Å². The number of benzene rings is 1. The van der Waals surface area contributed by atoms with E-state index in [0.29, 0.717) is 5.75 Å². The van der Waals surface area contributed by atoms with Crippen molar-refractivity contribution in [2.24, 2.45) is 0 Å². The van der Waals surface area contributed by atoms with Crippen LogP contribution in [0.4, 0.5) is 0 Å². The maximum absolute atomic E-state index is 9.61. The molecule has 1 unspecified atom stereocenters. The quantitative estimate of drug-likeness (QED) is 0.877.